The summed E-state index contributed by atoms with van der Waals surface area (Å²) in [5.41, 5.74) is 1.03. The maximum atomic E-state index is 13.1. The molecule has 43 heavy (non-hydrogen) atoms. The first-order chi connectivity index (χ1) is 20.6. The second-order valence-corrected chi connectivity index (χ2v) is 8.97. The summed E-state index contributed by atoms with van der Waals surface area (Å²) in [6.45, 7) is 3.50. The number of carbonyl (C=O) groups excluding carboxylic acids is 4. The Hall–Kier alpha value is -5.32. The summed E-state index contributed by atoms with van der Waals surface area (Å²) in [4.78, 5) is 47.6. The minimum Gasteiger partial charge on any atom is -0.493 e. The molecule has 0 heterocycles. The maximum Gasteiger partial charge on any atom is 0.331 e. The van der Waals surface area contributed by atoms with Gasteiger partial charge < -0.3 is 33.2 Å². The van der Waals surface area contributed by atoms with Crippen LogP contribution < -0.4 is 23.7 Å². The highest BCUT2D eigenvalue weighted by molar-refractivity contribution is 5.87. The van der Waals surface area contributed by atoms with Crippen LogP contribution in [-0.4, -0.2) is 50.8 Å². The lowest BCUT2D eigenvalue weighted by Crippen LogP contribution is -2.34. The van der Waals surface area contributed by atoms with Crippen LogP contribution in [0.5, 0.6) is 28.7 Å². The van der Waals surface area contributed by atoms with E-state index in [4.69, 9.17) is 33.2 Å². The second-order valence-electron chi connectivity index (χ2n) is 8.97. The van der Waals surface area contributed by atoms with Crippen molar-refractivity contribution in [2.24, 2.45) is 0 Å². The molecule has 0 bridgehead atoms. The molecule has 0 aromatic heterocycles. The molecule has 226 valence electrons. The van der Waals surface area contributed by atoms with Gasteiger partial charge in [0.05, 0.1) is 14.2 Å². The molecule has 11 nitrogen and oxygen atoms in total. The number of esters is 4. The number of ether oxygens (including phenoxy) is 7. The van der Waals surface area contributed by atoms with Gasteiger partial charge in [0.2, 0.25) is 0 Å². The van der Waals surface area contributed by atoms with Crippen LogP contribution in [-0.2, 0) is 28.7 Å². The van der Waals surface area contributed by atoms with Crippen molar-refractivity contribution >= 4 is 30.0 Å². The Morgan fingerprint density at radius 2 is 1.37 bits per heavy atom. The zero-order valence-corrected chi connectivity index (χ0v) is 24.4. The van der Waals surface area contributed by atoms with Crippen LogP contribution in [0.3, 0.4) is 0 Å². The Kier molecular flexibility index (Phi) is 11.7. The Morgan fingerprint density at radius 3 is 1.98 bits per heavy atom. The monoisotopic (exact) mass is 592 g/mol. The fourth-order valence-corrected chi connectivity index (χ4v) is 3.86. The van der Waals surface area contributed by atoms with Crippen molar-refractivity contribution in [1.29, 1.82) is 0 Å². The number of hydrogen-bond acceptors (Lipinski definition) is 11. The molecule has 0 unspecified atom stereocenters. The van der Waals surface area contributed by atoms with Crippen LogP contribution in [0.1, 0.15) is 38.0 Å². The second kappa shape index (κ2) is 15.6. The summed E-state index contributed by atoms with van der Waals surface area (Å²) < 4.78 is 38.4. The van der Waals surface area contributed by atoms with E-state index in [9.17, 15) is 19.2 Å². The van der Waals surface area contributed by atoms with E-state index in [0.29, 0.717) is 28.4 Å². The molecular weight excluding hydrogens is 560 g/mol. The highest BCUT2D eigenvalue weighted by Crippen LogP contribution is 2.36. The zero-order valence-electron chi connectivity index (χ0n) is 24.4. The van der Waals surface area contributed by atoms with Crippen LogP contribution in [0.25, 0.3) is 6.08 Å². The highest BCUT2D eigenvalue weighted by atomic mass is 16.6. The van der Waals surface area contributed by atoms with Crippen molar-refractivity contribution in [1.82, 2.24) is 0 Å². The van der Waals surface area contributed by atoms with E-state index in [2.05, 4.69) is 0 Å². The third-order valence-corrected chi connectivity index (χ3v) is 5.70. The standard InChI is InChI=1S/C32H32O11/c1-20(33)39-19-30(42-27-9-7-6-8-26(27)37-4)32(24-13-16-28(41-22(3)35)29(18-24)38-5)43-31(36)17-12-23-10-14-25(15-11-23)40-21(2)34/h6-18,30,32H,19H2,1-5H3/b17-12+/t30-,32+/m0/s1. The molecular formula is C32H32O11. The molecule has 0 spiro atoms. The van der Waals surface area contributed by atoms with E-state index in [-0.39, 0.29) is 18.1 Å². The van der Waals surface area contributed by atoms with Crippen LogP contribution in [0.15, 0.2) is 72.8 Å². The molecule has 2 atom stereocenters. The van der Waals surface area contributed by atoms with Crippen molar-refractivity contribution in [2.75, 3.05) is 20.8 Å². The lowest BCUT2D eigenvalue weighted by molar-refractivity contribution is -0.154. The van der Waals surface area contributed by atoms with Crippen molar-refractivity contribution < 1.29 is 52.3 Å². The Morgan fingerprint density at radius 1 is 0.721 bits per heavy atom. The van der Waals surface area contributed by atoms with Gasteiger partial charge in [-0.05, 0) is 48.0 Å². The van der Waals surface area contributed by atoms with Crippen molar-refractivity contribution in [3.8, 4) is 28.7 Å². The maximum absolute atomic E-state index is 13.1. The Bertz CT molecular complexity index is 1460. The third kappa shape index (κ3) is 9.92. The molecule has 3 aromatic carbocycles. The summed E-state index contributed by atoms with van der Waals surface area (Å²) in [7, 11) is 2.87. The van der Waals surface area contributed by atoms with Crippen LogP contribution in [0.4, 0.5) is 0 Å². The number of methoxy groups -OCH3 is 2. The molecule has 0 fully saturated rings. The van der Waals surface area contributed by atoms with E-state index in [0.717, 1.165) is 0 Å². The van der Waals surface area contributed by atoms with Crippen molar-refractivity contribution in [2.45, 2.75) is 33.0 Å². The van der Waals surface area contributed by atoms with E-state index in [1.807, 2.05) is 0 Å². The van der Waals surface area contributed by atoms with E-state index < -0.39 is 36.1 Å². The molecule has 3 rings (SSSR count). The molecule has 0 aliphatic heterocycles. The minimum absolute atomic E-state index is 0.156. The fourth-order valence-electron chi connectivity index (χ4n) is 3.86. The van der Waals surface area contributed by atoms with Gasteiger partial charge in [-0.25, -0.2) is 4.79 Å². The summed E-state index contributed by atoms with van der Waals surface area (Å²) in [5.74, 6) is -0.882. The number of benzene rings is 3. The van der Waals surface area contributed by atoms with Gasteiger partial charge >= 0.3 is 23.9 Å². The molecule has 0 radical (unpaired) electrons. The SMILES string of the molecule is COc1cc([C@@H](OC(=O)/C=C/c2ccc(OC(C)=O)cc2)[C@H](COC(C)=O)Oc2ccccc2OC)ccc1OC(C)=O. The number of rotatable bonds is 13. The Balaban J connectivity index is 1.98. The summed E-state index contributed by atoms with van der Waals surface area (Å²) in [6, 6.07) is 17.9. The molecule has 0 amide bonds. The van der Waals surface area contributed by atoms with Crippen molar-refractivity contribution in [3.63, 3.8) is 0 Å². The lowest BCUT2D eigenvalue weighted by atomic mass is 10.0. The lowest BCUT2D eigenvalue weighted by Gasteiger charge is -2.28. The van der Waals surface area contributed by atoms with Gasteiger partial charge in [0.25, 0.3) is 0 Å². The smallest absolute Gasteiger partial charge is 0.331 e. The Labute approximate surface area is 248 Å². The molecule has 0 aliphatic rings. The van der Waals surface area contributed by atoms with E-state index >= 15 is 0 Å². The number of carbonyl (C=O) groups is 4. The molecule has 11 heteroatoms. The average Bonchev–Trinajstić information content (AvgIpc) is 2.97. The molecule has 0 saturated carbocycles. The van der Waals surface area contributed by atoms with E-state index in [1.165, 1.54) is 59.3 Å². The zero-order chi connectivity index (χ0) is 31.4. The van der Waals surface area contributed by atoms with Gasteiger partial charge in [-0.15, -0.1) is 0 Å². The highest BCUT2D eigenvalue weighted by Gasteiger charge is 2.31. The largest absolute Gasteiger partial charge is 0.493 e. The molecule has 0 aliphatic carbocycles. The van der Waals surface area contributed by atoms with Gasteiger partial charge in [0, 0.05) is 32.4 Å². The topological polar surface area (TPSA) is 133 Å². The van der Waals surface area contributed by atoms with Crippen molar-refractivity contribution in [3.05, 3.63) is 83.9 Å². The first-order valence-electron chi connectivity index (χ1n) is 13.1. The molecule has 0 N–H and O–H groups in total. The summed E-state index contributed by atoms with van der Waals surface area (Å²) in [6.07, 6.45) is 0.534. The van der Waals surface area contributed by atoms with Gasteiger partial charge in [-0.3, -0.25) is 14.4 Å². The predicted molar refractivity (Wildman–Crippen MR) is 154 cm³/mol. The van der Waals surface area contributed by atoms with Crippen LogP contribution in [0.2, 0.25) is 0 Å². The molecule has 0 saturated heterocycles. The minimum atomic E-state index is -1.15. The van der Waals surface area contributed by atoms with Gasteiger partial charge in [0.1, 0.15) is 12.4 Å². The van der Waals surface area contributed by atoms with Gasteiger partial charge in [-0.2, -0.15) is 0 Å². The summed E-state index contributed by atoms with van der Waals surface area (Å²) in [5, 5.41) is 0. The summed E-state index contributed by atoms with van der Waals surface area (Å²) >= 11 is 0. The van der Waals surface area contributed by atoms with Gasteiger partial charge in [-0.1, -0.05) is 30.3 Å². The van der Waals surface area contributed by atoms with E-state index in [1.54, 1.807) is 54.6 Å². The first-order valence-corrected chi connectivity index (χ1v) is 13.1. The average molecular weight is 593 g/mol. The molecule has 3 aromatic rings. The third-order valence-electron chi connectivity index (χ3n) is 5.70. The van der Waals surface area contributed by atoms with Gasteiger partial charge in [0.15, 0.2) is 35.2 Å². The van der Waals surface area contributed by atoms with Crippen LogP contribution in [0, 0.1) is 0 Å². The predicted octanol–water partition coefficient (Wildman–Crippen LogP) is 4.86. The number of para-hydroxylation sites is 2. The van der Waals surface area contributed by atoms with Crippen LogP contribution >= 0.6 is 0 Å². The first kappa shape index (κ1) is 32.2. The normalized spacial score (nSPS) is 12.0. The fraction of sp³-hybridized carbons (Fsp3) is 0.250. The quantitative estimate of drug-likeness (QED) is 0.153. The number of hydrogen-bond donors (Lipinski definition) is 0.